The fraction of sp³-hybridized carbons (Fsp3) is 0.500. The van der Waals surface area contributed by atoms with Crippen LogP contribution in [0.15, 0.2) is 34.5 Å². The number of nitrogens with one attached hydrogen (secondary N) is 2. The molecule has 3 heterocycles. The second-order valence-electron chi connectivity index (χ2n) is 8.12. The van der Waals surface area contributed by atoms with Crippen molar-refractivity contribution in [3.63, 3.8) is 0 Å². The van der Waals surface area contributed by atoms with Crippen molar-refractivity contribution in [1.29, 1.82) is 0 Å². The lowest BCUT2D eigenvalue weighted by atomic mass is 10.1. The lowest BCUT2D eigenvalue weighted by Crippen LogP contribution is -2.46. The van der Waals surface area contributed by atoms with Crippen LogP contribution in [0.25, 0.3) is 0 Å². The summed E-state index contributed by atoms with van der Waals surface area (Å²) < 4.78 is 39.7. The van der Waals surface area contributed by atoms with Gasteiger partial charge in [-0.05, 0) is 38.0 Å². The summed E-state index contributed by atoms with van der Waals surface area (Å²) in [6, 6.07) is 8.85. The zero-order chi connectivity index (χ0) is 24.1. The van der Waals surface area contributed by atoms with Gasteiger partial charge < -0.3 is 24.6 Å². The molecule has 4 rings (SSSR count). The standard InChI is InChI=1S/C22H29ClN4O5S2/c1-2-31-22(28)27-10-6-16(7-11-27)25-34(29,30)20-15-19(23)21(33-20)32-18-5-3-4-17(14-18)26-12-8-24-9-13-26/h3-5,14-16,24-25H,2,6-13H2,1H3. The molecule has 0 atom stereocenters. The van der Waals surface area contributed by atoms with Crippen LogP contribution < -0.4 is 19.7 Å². The Morgan fingerprint density at radius 3 is 2.65 bits per heavy atom. The minimum Gasteiger partial charge on any atom is -0.450 e. The molecule has 0 saturated carbocycles. The number of ether oxygens (including phenoxy) is 2. The number of piperidine rings is 1. The predicted molar refractivity (Wildman–Crippen MR) is 133 cm³/mol. The van der Waals surface area contributed by atoms with E-state index >= 15 is 0 Å². The first kappa shape index (κ1) is 25.1. The molecule has 1 aromatic carbocycles. The fourth-order valence-corrected chi connectivity index (χ4v) is 6.90. The summed E-state index contributed by atoms with van der Waals surface area (Å²) >= 11 is 7.32. The number of carbonyl (C=O) groups excluding carboxylic acids is 1. The number of thiophene rings is 1. The molecular weight excluding hydrogens is 500 g/mol. The largest absolute Gasteiger partial charge is 0.450 e. The zero-order valence-electron chi connectivity index (χ0n) is 19.0. The average molecular weight is 529 g/mol. The molecule has 2 fully saturated rings. The van der Waals surface area contributed by atoms with Crippen LogP contribution in [0, 0.1) is 0 Å². The monoisotopic (exact) mass is 528 g/mol. The molecule has 0 aliphatic carbocycles. The second-order valence-corrected chi connectivity index (χ2v) is 11.5. The highest BCUT2D eigenvalue weighted by molar-refractivity contribution is 7.91. The van der Waals surface area contributed by atoms with Crippen molar-refractivity contribution in [2.45, 2.75) is 30.0 Å². The highest BCUT2D eigenvalue weighted by Crippen LogP contribution is 2.40. The highest BCUT2D eigenvalue weighted by atomic mass is 35.5. The summed E-state index contributed by atoms with van der Waals surface area (Å²) in [7, 11) is -3.77. The third-order valence-electron chi connectivity index (χ3n) is 5.75. The van der Waals surface area contributed by atoms with Gasteiger partial charge in [-0.3, -0.25) is 0 Å². The Morgan fingerprint density at radius 1 is 1.21 bits per heavy atom. The van der Waals surface area contributed by atoms with Gasteiger partial charge >= 0.3 is 6.09 Å². The van der Waals surface area contributed by atoms with E-state index in [0.717, 1.165) is 43.2 Å². The van der Waals surface area contributed by atoms with Crippen LogP contribution >= 0.6 is 22.9 Å². The Kier molecular flexibility index (Phi) is 8.20. The molecule has 12 heteroatoms. The predicted octanol–water partition coefficient (Wildman–Crippen LogP) is 3.50. The first-order valence-electron chi connectivity index (χ1n) is 11.3. The van der Waals surface area contributed by atoms with Crippen LogP contribution in [-0.4, -0.2) is 71.3 Å². The van der Waals surface area contributed by atoms with Crippen LogP contribution in [0.3, 0.4) is 0 Å². The van der Waals surface area contributed by atoms with Crippen molar-refractivity contribution < 1.29 is 22.7 Å². The van der Waals surface area contributed by atoms with Gasteiger partial charge in [0.05, 0.1) is 11.6 Å². The van der Waals surface area contributed by atoms with Gasteiger partial charge in [-0.2, -0.15) is 0 Å². The third-order valence-corrected chi connectivity index (χ3v) is 9.15. The Hall–Kier alpha value is -2.05. The molecule has 2 N–H and O–H groups in total. The Morgan fingerprint density at radius 2 is 1.94 bits per heavy atom. The number of nitrogens with zero attached hydrogens (tertiary/aromatic N) is 2. The van der Waals surface area contributed by atoms with E-state index in [0.29, 0.717) is 43.4 Å². The molecule has 2 aliphatic rings. The summed E-state index contributed by atoms with van der Waals surface area (Å²) in [6.45, 7) is 6.63. The van der Waals surface area contributed by atoms with Gasteiger partial charge in [0, 0.05) is 57.1 Å². The van der Waals surface area contributed by atoms with E-state index in [1.54, 1.807) is 11.8 Å². The molecule has 1 aromatic heterocycles. The smallest absolute Gasteiger partial charge is 0.409 e. The molecule has 1 amide bonds. The van der Waals surface area contributed by atoms with Gasteiger partial charge in [0.1, 0.15) is 9.96 Å². The van der Waals surface area contributed by atoms with Crippen LogP contribution in [-0.2, 0) is 14.8 Å². The normalized spacial score (nSPS) is 17.6. The maximum atomic E-state index is 13.0. The lowest BCUT2D eigenvalue weighted by molar-refractivity contribution is 0.0966. The summed E-state index contributed by atoms with van der Waals surface area (Å²) in [4.78, 5) is 15.7. The van der Waals surface area contributed by atoms with Gasteiger partial charge in [-0.25, -0.2) is 17.9 Å². The van der Waals surface area contributed by atoms with Crippen molar-refractivity contribution in [1.82, 2.24) is 14.9 Å². The minimum atomic E-state index is -3.77. The number of hydrogen-bond acceptors (Lipinski definition) is 8. The van der Waals surface area contributed by atoms with Crippen LogP contribution in [0.5, 0.6) is 10.8 Å². The van der Waals surface area contributed by atoms with Crippen molar-refractivity contribution in [3.05, 3.63) is 35.4 Å². The molecule has 0 spiro atoms. The van der Waals surface area contributed by atoms with Crippen molar-refractivity contribution in [2.24, 2.45) is 0 Å². The summed E-state index contributed by atoms with van der Waals surface area (Å²) in [6.07, 6.45) is 0.662. The highest BCUT2D eigenvalue weighted by Gasteiger charge is 2.29. The molecule has 9 nitrogen and oxygen atoms in total. The van der Waals surface area contributed by atoms with E-state index in [4.69, 9.17) is 21.1 Å². The first-order valence-corrected chi connectivity index (χ1v) is 14.0. The molecule has 0 radical (unpaired) electrons. The van der Waals surface area contributed by atoms with Crippen molar-refractivity contribution >= 4 is 44.7 Å². The Balaban J connectivity index is 1.39. The molecule has 186 valence electrons. The van der Waals surface area contributed by atoms with Gasteiger partial charge in [0.25, 0.3) is 0 Å². The maximum absolute atomic E-state index is 13.0. The molecule has 2 aromatic rings. The quantitative estimate of drug-likeness (QED) is 0.567. The maximum Gasteiger partial charge on any atom is 0.409 e. The van der Waals surface area contributed by atoms with E-state index in [2.05, 4.69) is 14.9 Å². The SMILES string of the molecule is CCOC(=O)N1CCC(NS(=O)(=O)c2cc(Cl)c(Oc3cccc(N4CCNCC4)c3)s2)CC1. The number of amides is 1. The van der Waals surface area contributed by atoms with E-state index in [1.165, 1.54) is 6.07 Å². The van der Waals surface area contributed by atoms with Gasteiger partial charge in [-0.15, -0.1) is 0 Å². The molecular formula is C22H29ClN4O5S2. The Labute approximate surface area is 209 Å². The van der Waals surface area contributed by atoms with Crippen LogP contribution in [0.2, 0.25) is 5.02 Å². The minimum absolute atomic E-state index is 0.0959. The average Bonchev–Trinajstić information content (AvgIpc) is 3.21. The molecule has 2 aliphatic heterocycles. The number of likely N-dealkylation sites (tertiary alicyclic amines) is 1. The number of carbonyl (C=O) groups is 1. The van der Waals surface area contributed by atoms with Crippen LogP contribution in [0.4, 0.5) is 10.5 Å². The third kappa shape index (κ3) is 6.14. The van der Waals surface area contributed by atoms with Gasteiger partial charge in [0.2, 0.25) is 15.1 Å². The second kappa shape index (κ2) is 11.1. The molecule has 2 saturated heterocycles. The molecule has 0 bridgehead atoms. The molecule has 0 unspecified atom stereocenters. The topological polar surface area (TPSA) is 100 Å². The number of hydrogen-bond donors (Lipinski definition) is 2. The lowest BCUT2D eigenvalue weighted by Gasteiger charge is -2.31. The van der Waals surface area contributed by atoms with E-state index in [9.17, 15) is 13.2 Å². The number of rotatable bonds is 7. The fourth-order valence-electron chi connectivity index (χ4n) is 3.98. The number of piperazine rings is 1. The number of anilines is 1. The Bertz CT molecular complexity index is 1100. The van der Waals surface area contributed by atoms with Crippen molar-refractivity contribution in [2.75, 3.05) is 50.8 Å². The first-order chi connectivity index (χ1) is 16.4. The van der Waals surface area contributed by atoms with Gasteiger partial charge in [0.15, 0.2) is 0 Å². The van der Waals surface area contributed by atoms with E-state index in [1.807, 2.05) is 24.3 Å². The van der Waals surface area contributed by atoms with E-state index < -0.39 is 10.0 Å². The van der Waals surface area contributed by atoms with Crippen molar-refractivity contribution in [3.8, 4) is 10.8 Å². The number of halogens is 1. The zero-order valence-corrected chi connectivity index (χ0v) is 21.3. The summed E-state index contributed by atoms with van der Waals surface area (Å²) in [5, 5.41) is 3.91. The summed E-state index contributed by atoms with van der Waals surface area (Å²) in [5.41, 5.74) is 1.05. The number of benzene rings is 1. The number of sulfonamides is 1. The van der Waals surface area contributed by atoms with Gasteiger partial charge in [-0.1, -0.05) is 29.0 Å². The van der Waals surface area contributed by atoms with Crippen LogP contribution in [0.1, 0.15) is 19.8 Å². The summed E-state index contributed by atoms with van der Waals surface area (Å²) in [5.74, 6) is 0.600. The van der Waals surface area contributed by atoms with E-state index in [-0.39, 0.29) is 21.4 Å². The molecule has 34 heavy (non-hydrogen) atoms.